The van der Waals surface area contributed by atoms with E-state index in [1.165, 1.54) is 30.6 Å². The van der Waals surface area contributed by atoms with Crippen LogP contribution in [0.4, 0.5) is 10.7 Å². The highest BCUT2D eigenvalue weighted by Gasteiger charge is 2.40. The maximum absolute atomic E-state index is 11.7. The van der Waals surface area contributed by atoms with Crippen LogP contribution in [0.25, 0.3) is 0 Å². The normalized spacial score (nSPS) is 15.9. The molecule has 1 fully saturated rings. The SMILES string of the molecule is CCC1(CNc2sc(C(=O)NC)c(N)c2OC)CC1. The summed E-state index contributed by atoms with van der Waals surface area (Å²) in [6.07, 6.45) is 3.70. The number of ether oxygens (including phenoxy) is 1. The number of carbonyl (C=O) groups excluding carboxylic acids is 1. The fourth-order valence-electron chi connectivity index (χ4n) is 2.13. The van der Waals surface area contributed by atoms with Crippen LogP contribution < -0.4 is 21.1 Å². The molecule has 0 aliphatic heterocycles. The quantitative estimate of drug-likeness (QED) is 0.748. The molecule has 0 radical (unpaired) electrons. The molecule has 2 rings (SSSR count). The van der Waals surface area contributed by atoms with Crippen molar-refractivity contribution in [3.63, 3.8) is 0 Å². The minimum absolute atomic E-state index is 0.175. The van der Waals surface area contributed by atoms with Crippen LogP contribution in [0.3, 0.4) is 0 Å². The summed E-state index contributed by atoms with van der Waals surface area (Å²) in [5.41, 5.74) is 6.80. The molecule has 1 amide bonds. The molecule has 0 aromatic carbocycles. The van der Waals surface area contributed by atoms with E-state index in [1.54, 1.807) is 14.2 Å². The summed E-state index contributed by atoms with van der Waals surface area (Å²) in [4.78, 5) is 12.2. The summed E-state index contributed by atoms with van der Waals surface area (Å²) in [6, 6.07) is 0. The van der Waals surface area contributed by atoms with Gasteiger partial charge in [-0.3, -0.25) is 4.79 Å². The highest BCUT2D eigenvalue weighted by atomic mass is 32.1. The summed E-state index contributed by atoms with van der Waals surface area (Å²) in [7, 11) is 3.17. The van der Waals surface area contributed by atoms with Gasteiger partial charge in [0.25, 0.3) is 5.91 Å². The Hall–Kier alpha value is -1.43. The second kappa shape index (κ2) is 5.28. The van der Waals surface area contributed by atoms with Crippen LogP contribution >= 0.6 is 11.3 Å². The van der Waals surface area contributed by atoms with Gasteiger partial charge >= 0.3 is 0 Å². The smallest absolute Gasteiger partial charge is 0.263 e. The Morgan fingerprint density at radius 3 is 2.68 bits per heavy atom. The number of carbonyl (C=O) groups is 1. The maximum atomic E-state index is 11.7. The standard InChI is InChI=1S/C13H21N3O2S/c1-4-13(5-6-13)7-16-12-9(18-3)8(14)10(19-12)11(17)15-2/h16H,4-7,14H2,1-3H3,(H,15,17). The third kappa shape index (κ3) is 2.63. The largest absolute Gasteiger partial charge is 0.492 e. The number of hydrogen-bond donors (Lipinski definition) is 3. The third-order valence-corrected chi connectivity index (χ3v) is 5.01. The fourth-order valence-corrected chi connectivity index (χ4v) is 3.16. The van der Waals surface area contributed by atoms with Crippen molar-refractivity contribution in [1.29, 1.82) is 0 Å². The molecular weight excluding hydrogens is 262 g/mol. The molecule has 0 atom stereocenters. The van der Waals surface area contributed by atoms with Gasteiger partial charge in [-0.25, -0.2) is 0 Å². The molecular formula is C13H21N3O2S. The van der Waals surface area contributed by atoms with Crippen molar-refractivity contribution in [2.75, 3.05) is 31.8 Å². The van der Waals surface area contributed by atoms with Crippen LogP contribution in [0, 0.1) is 5.41 Å². The van der Waals surface area contributed by atoms with E-state index in [4.69, 9.17) is 10.5 Å². The van der Waals surface area contributed by atoms with Crippen molar-refractivity contribution in [2.45, 2.75) is 26.2 Å². The van der Waals surface area contributed by atoms with Crippen LogP contribution in [0.5, 0.6) is 5.75 Å². The zero-order valence-corrected chi connectivity index (χ0v) is 12.4. The Morgan fingerprint density at radius 1 is 1.53 bits per heavy atom. The molecule has 106 valence electrons. The number of methoxy groups -OCH3 is 1. The molecule has 1 aliphatic carbocycles. The molecule has 0 unspecified atom stereocenters. The first-order chi connectivity index (χ1) is 9.06. The molecule has 1 saturated carbocycles. The van der Waals surface area contributed by atoms with Gasteiger partial charge in [0, 0.05) is 13.6 Å². The van der Waals surface area contributed by atoms with E-state index in [1.807, 2.05) is 0 Å². The fraction of sp³-hybridized carbons (Fsp3) is 0.615. The summed E-state index contributed by atoms with van der Waals surface area (Å²) < 4.78 is 5.31. The van der Waals surface area contributed by atoms with Crippen molar-refractivity contribution >= 4 is 27.9 Å². The molecule has 1 heterocycles. The monoisotopic (exact) mass is 283 g/mol. The van der Waals surface area contributed by atoms with E-state index in [9.17, 15) is 4.79 Å². The Bertz CT molecular complexity index is 480. The van der Waals surface area contributed by atoms with E-state index in [-0.39, 0.29) is 5.91 Å². The van der Waals surface area contributed by atoms with Crippen molar-refractivity contribution in [2.24, 2.45) is 5.41 Å². The van der Waals surface area contributed by atoms with Crippen LogP contribution in [0.1, 0.15) is 35.9 Å². The van der Waals surface area contributed by atoms with E-state index < -0.39 is 0 Å². The predicted octanol–water partition coefficient (Wildman–Crippen LogP) is 2.30. The van der Waals surface area contributed by atoms with Gasteiger partial charge in [-0.15, -0.1) is 11.3 Å². The topological polar surface area (TPSA) is 76.4 Å². The molecule has 4 N–H and O–H groups in total. The summed E-state index contributed by atoms with van der Waals surface area (Å²) in [5.74, 6) is 0.404. The number of thiophene rings is 1. The molecule has 1 aromatic heterocycles. The first-order valence-electron chi connectivity index (χ1n) is 6.49. The van der Waals surface area contributed by atoms with Gasteiger partial charge in [-0.1, -0.05) is 6.92 Å². The predicted molar refractivity (Wildman–Crippen MR) is 79.1 cm³/mol. The lowest BCUT2D eigenvalue weighted by atomic mass is 10.0. The molecule has 0 saturated heterocycles. The second-order valence-corrected chi connectivity index (χ2v) is 6.01. The molecule has 6 heteroatoms. The number of anilines is 2. The molecule has 5 nitrogen and oxygen atoms in total. The van der Waals surface area contributed by atoms with Crippen LogP contribution in [0.15, 0.2) is 0 Å². The Labute approximate surface area is 117 Å². The second-order valence-electron chi connectivity index (χ2n) is 4.99. The lowest BCUT2D eigenvalue weighted by molar-refractivity contribution is 0.0967. The Kier molecular flexibility index (Phi) is 3.89. The Balaban J connectivity index is 2.17. The highest BCUT2D eigenvalue weighted by Crippen LogP contribution is 2.50. The van der Waals surface area contributed by atoms with Gasteiger partial charge < -0.3 is 21.1 Å². The van der Waals surface area contributed by atoms with Gasteiger partial charge in [-0.05, 0) is 24.7 Å². The number of nitrogens with one attached hydrogen (secondary N) is 2. The van der Waals surface area contributed by atoms with Crippen LogP contribution in [-0.4, -0.2) is 26.6 Å². The average molecular weight is 283 g/mol. The van der Waals surface area contributed by atoms with Crippen molar-refractivity contribution in [3.8, 4) is 5.75 Å². The van der Waals surface area contributed by atoms with E-state index in [0.29, 0.717) is 21.7 Å². The third-order valence-electron chi connectivity index (χ3n) is 3.87. The number of amides is 1. The summed E-state index contributed by atoms with van der Waals surface area (Å²) in [5, 5.41) is 6.83. The average Bonchev–Trinajstić information content (AvgIpc) is 3.14. The van der Waals surface area contributed by atoms with Crippen molar-refractivity contribution in [3.05, 3.63) is 4.88 Å². The van der Waals surface area contributed by atoms with Crippen LogP contribution in [0.2, 0.25) is 0 Å². The highest BCUT2D eigenvalue weighted by molar-refractivity contribution is 7.19. The molecule has 1 aliphatic rings. The van der Waals surface area contributed by atoms with Gasteiger partial charge in [0.15, 0.2) is 5.75 Å². The molecule has 0 bridgehead atoms. The van der Waals surface area contributed by atoms with E-state index in [2.05, 4.69) is 17.6 Å². The molecule has 0 spiro atoms. The van der Waals surface area contributed by atoms with E-state index >= 15 is 0 Å². The lowest BCUT2D eigenvalue weighted by Crippen LogP contribution is -2.17. The van der Waals surface area contributed by atoms with Crippen molar-refractivity contribution < 1.29 is 9.53 Å². The van der Waals surface area contributed by atoms with Crippen LogP contribution in [-0.2, 0) is 0 Å². The maximum Gasteiger partial charge on any atom is 0.263 e. The molecule has 19 heavy (non-hydrogen) atoms. The first-order valence-corrected chi connectivity index (χ1v) is 7.30. The number of nitrogens with two attached hydrogens (primary N) is 1. The first kappa shape index (κ1) is 14.0. The zero-order chi connectivity index (χ0) is 14.0. The van der Waals surface area contributed by atoms with Gasteiger partial charge in [0.1, 0.15) is 15.6 Å². The van der Waals surface area contributed by atoms with Gasteiger partial charge in [0.2, 0.25) is 0 Å². The summed E-state index contributed by atoms with van der Waals surface area (Å²) >= 11 is 1.35. The lowest BCUT2D eigenvalue weighted by Gasteiger charge is -2.14. The Morgan fingerprint density at radius 2 is 2.21 bits per heavy atom. The minimum Gasteiger partial charge on any atom is -0.492 e. The number of hydrogen-bond acceptors (Lipinski definition) is 5. The van der Waals surface area contributed by atoms with Crippen molar-refractivity contribution in [1.82, 2.24) is 5.32 Å². The zero-order valence-electron chi connectivity index (χ0n) is 11.6. The number of rotatable bonds is 6. The van der Waals surface area contributed by atoms with Gasteiger partial charge in [0.05, 0.1) is 7.11 Å². The van der Waals surface area contributed by atoms with E-state index in [0.717, 1.165) is 11.5 Å². The summed E-state index contributed by atoms with van der Waals surface area (Å²) in [6.45, 7) is 3.12. The van der Waals surface area contributed by atoms with Gasteiger partial charge in [-0.2, -0.15) is 0 Å². The minimum atomic E-state index is -0.175. The number of nitrogen functional groups attached to an aromatic ring is 1. The molecule has 1 aromatic rings.